The zero-order valence-corrected chi connectivity index (χ0v) is 19.1. The van der Waals surface area contributed by atoms with Crippen LogP contribution in [0.3, 0.4) is 0 Å². The SMILES string of the molecule is CSc1cccc(NC(=O)COc2ccc(S(=O)(=O)NC3CCCCC3)cc2Cl)c1. The first kappa shape index (κ1) is 22.9. The maximum Gasteiger partial charge on any atom is 0.262 e. The summed E-state index contributed by atoms with van der Waals surface area (Å²) in [6, 6.07) is 11.7. The lowest BCUT2D eigenvalue weighted by molar-refractivity contribution is -0.118. The topological polar surface area (TPSA) is 84.5 Å². The van der Waals surface area contributed by atoms with Crippen LogP contribution in [0.25, 0.3) is 0 Å². The lowest BCUT2D eigenvalue weighted by atomic mass is 9.96. The van der Waals surface area contributed by atoms with E-state index in [4.69, 9.17) is 16.3 Å². The van der Waals surface area contributed by atoms with Gasteiger partial charge in [0.25, 0.3) is 5.91 Å². The van der Waals surface area contributed by atoms with Gasteiger partial charge in [0.05, 0.1) is 9.92 Å². The van der Waals surface area contributed by atoms with Gasteiger partial charge in [-0.25, -0.2) is 13.1 Å². The van der Waals surface area contributed by atoms with Gasteiger partial charge in [-0.3, -0.25) is 4.79 Å². The van der Waals surface area contributed by atoms with Gasteiger partial charge in [-0.2, -0.15) is 0 Å². The van der Waals surface area contributed by atoms with Gasteiger partial charge in [0.15, 0.2) is 6.61 Å². The van der Waals surface area contributed by atoms with Crippen molar-refractivity contribution >= 4 is 45.0 Å². The number of amides is 1. The van der Waals surface area contributed by atoms with Crippen molar-refractivity contribution in [3.63, 3.8) is 0 Å². The highest BCUT2D eigenvalue weighted by molar-refractivity contribution is 7.98. The van der Waals surface area contributed by atoms with Crippen molar-refractivity contribution in [3.8, 4) is 5.75 Å². The van der Waals surface area contributed by atoms with Crippen molar-refractivity contribution in [1.29, 1.82) is 0 Å². The number of ether oxygens (including phenoxy) is 1. The van der Waals surface area contributed by atoms with Gasteiger partial charge in [0.2, 0.25) is 10.0 Å². The number of sulfonamides is 1. The molecule has 0 bridgehead atoms. The summed E-state index contributed by atoms with van der Waals surface area (Å²) in [6.45, 7) is -0.240. The van der Waals surface area contributed by atoms with Crippen molar-refractivity contribution in [2.24, 2.45) is 0 Å². The second-order valence-corrected chi connectivity index (χ2v) is 10.1. The van der Waals surface area contributed by atoms with E-state index in [2.05, 4.69) is 10.0 Å². The van der Waals surface area contributed by atoms with E-state index < -0.39 is 10.0 Å². The summed E-state index contributed by atoms with van der Waals surface area (Å²) in [7, 11) is -3.65. The molecular weight excluding hydrogens is 444 g/mol. The molecule has 30 heavy (non-hydrogen) atoms. The number of rotatable bonds is 8. The third kappa shape index (κ3) is 6.38. The Kier molecular flexibility index (Phi) is 8.05. The number of hydrogen-bond acceptors (Lipinski definition) is 5. The zero-order chi connectivity index (χ0) is 21.6. The van der Waals surface area contributed by atoms with Crippen LogP contribution in [0.5, 0.6) is 5.75 Å². The Labute approximate surface area is 186 Å². The predicted octanol–water partition coefficient (Wildman–Crippen LogP) is 4.69. The van der Waals surface area contributed by atoms with Crippen LogP contribution in [-0.2, 0) is 14.8 Å². The lowest BCUT2D eigenvalue weighted by Gasteiger charge is -2.22. The Morgan fingerprint density at radius 2 is 1.93 bits per heavy atom. The number of hydrogen-bond donors (Lipinski definition) is 2. The Bertz CT molecular complexity index is 992. The average molecular weight is 469 g/mol. The van der Waals surface area contributed by atoms with Crippen molar-refractivity contribution in [2.45, 2.75) is 47.9 Å². The maximum absolute atomic E-state index is 12.6. The van der Waals surface area contributed by atoms with Crippen LogP contribution in [0.1, 0.15) is 32.1 Å². The number of thioether (sulfide) groups is 1. The standard InChI is InChI=1S/C21H25ClN2O4S2/c1-29-17-9-5-8-16(12-17)23-21(25)14-28-20-11-10-18(13-19(20)22)30(26,27)24-15-6-3-2-4-7-15/h5,8-13,15,24H,2-4,6-7,14H2,1H3,(H,23,25). The third-order valence-electron chi connectivity index (χ3n) is 4.85. The lowest BCUT2D eigenvalue weighted by Crippen LogP contribution is -2.36. The van der Waals surface area contributed by atoms with Crippen molar-refractivity contribution < 1.29 is 17.9 Å². The number of carbonyl (C=O) groups excluding carboxylic acids is 1. The van der Waals surface area contributed by atoms with Crippen LogP contribution in [0.2, 0.25) is 5.02 Å². The van der Waals surface area contributed by atoms with Gasteiger partial charge in [0.1, 0.15) is 5.75 Å². The van der Waals surface area contributed by atoms with E-state index in [0.29, 0.717) is 5.69 Å². The second-order valence-electron chi connectivity index (χ2n) is 7.12. The van der Waals surface area contributed by atoms with Gasteiger partial charge in [-0.15, -0.1) is 11.8 Å². The molecule has 2 N–H and O–H groups in total. The van der Waals surface area contributed by atoms with Crippen LogP contribution in [0, 0.1) is 0 Å². The van der Waals surface area contributed by atoms with Crippen LogP contribution in [-0.4, -0.2) is 33.2 Å². The van der Waals surface area contributed by atoms with Crippen molar-refractivity contribution in [2.75, 3.05) is 18.2 Å². The number of anilines is 1. The molecule has 0 unspecified atom stereocenters. The van der Waals surface area contributed by atoms with Gasteiger partial charge in [-0.05, 0) is 55.5 Å². The van der Waals surface area contributed by atoms with Crippen LogP contribution < -0.4 is 14.8 Å². The Morgan fingerprint density at radius 3 is 2.63 bits per heavy atom. The van der Waals surface area contributed by atoms with E-state index in [9.17, 15) is 13.2 Å². The normalized spacial score (nSPS) is 15.0. The minimum Gasteiger partial charge on any atom is -0.482 e. The molecule has 0 atom stereocenters. The summed E-state index contributed by atoms with van der Waals surface area (Å²) in [5.41, 5.74) is 0.678. The van der Waals surface area contributed by atoms with E-state index in [1.807, 2.05) is 24.5 Å². The molecular formula is C21H25ClN2O4S2. The smallest absolute Gasteiger partial charge is 0.262 e. The molecule has 1 amide bonds. The largest absolute Gasteiger partial charge is 0.482 e. The second kappa shape index (κ2) is 10.5. The molecule has 0 aliphatic heterocycles. The minimum absolute atomic E-state index is 0.0354. The number of carbonyl (C=O) groups is 1. The first-order valence-corrected chi connectivity index (χ1v) is 12.8. The molecule has 0 saturated heterocycles. The van der Waals surface area contributed by atoms with E-state index in [0.717, 1.165) is 37.0 Å². The molecule has 162 valence electrons. The number of nitrogens with one attached hydrogen (secondary N) is 2. The average Bonchev–Trinajstić information content (AvgIpc) is 2.73. The molecule has 2 aromatic rings. The third-order valence-corrected chi connectivity index (χ3v) is 7.39. The Hall–Kier alpha value is -1.74. The molecule has 1 fully saturated rings. The molecule has 1 aliphatic rings. The molecule has 0 spiro atoms. The molecule has 0 aromatic heterocycles. The van der Waals surface area contributed by atoms with Crippen LogP contribution in [0.15, 0.2) is 52.3 Å². The molecule has 0 heterocycles. The first-order valence-electron chi connectivity index (χ1n) is 9.76. The number of halogens is 1. The van der Waals surface area contributed by atoms with Gasteiger partial charge < -0.3 is 10.1 Å². The van der Waals surface area contributed by atoms with Crippen LogP contribution in [0.4, 0.5) is 5.69 Å². The highest BCUT2D eigenvalue weighted by atomic mass is 35.5. The van der Waals surface area contributed by atoms with Gasteiger partial charge in [0, 0.05) is 16.6 Å². The van der Waals surface area contributed by atoms with E-state index in [1.54, 1.807) is 17.8 Å². The molecule has 9 heteroatoms. The maximum atomic E-state index is 12.6. The van der Waals surface area contributed by atoms with E-state index >= 15 is 0 Å². The summed E-state index contributed by atoms with van der Waals surface area (Å²) in [5.74, 6) is -0.0821. The fourth-order valence-corrected chi connectivity index (χ4v) is 5.40. The predicted molar refractivity (Wildman–Crippen MR) is 121 cm³/mol. The Morgan fingerprint density at radius 1 is 1.17 bits per heavy atom. The summed E-state index contributed by atoms with van der Waals surface area (Å²) < 4.78 is 33.5. The van der Waals surface area contributed by atoms with E-state index in [1.165, 1.54) is 18.2 Å². The fourth-order valence-electron chi connectivity index (χ4n) is 3.31. The molecule has 1 saturated carbocycles. The van der Waals surface area contributed by atoms with Gasteiger partial charge >= 0.3 is 0 Å². The van der Waals surface area contributed by atoms with Crippen LogP contribution >= 0.6 is 23.4 Å². The summed E-state index contributed by atoms with van der Waals surface area (Å²) in [5, 5.41) is 2.90. The van der Waals surface area contributed by atoms with E-state index in [-0.39, 0.29) is 34.2 Å². The number of benzene rings is 2. The van der Waals surface area contributed by atoms with Gasteiger partial charge in [-0.1, -0.05) is 36.9 Å². The van der Waals surface area contributed by atoms with Crippen molar-refractivity contribution in [1.82, 2.24) is 4.72 Å². The zero-order valence-electron chi connectivity index (χ0n) is 16.7. The molecule has 6 nitrogen and oxygen atoms in total. The summed E-state index contributed by atoms with van der Waals surface area (Å²) in [4.78, 5) is 13.3. The fraction of sp³-hybridized carbons (Fsp3) is 0.381. The highest BCUT2D eigenvalue weighted by Crippen LogP contribution is 2.28. The minimum atomic E-state index is -3.65. The first-order chi connectivity index (χ1) is 14.4. The molecule has 3 rings (SSSR count). The molecule has 1 aliphatic carbocycles. The molecule has 0 radical (unpaired) electrons. The monoisotopic (exact) mass is 468 g/mol. The van der Waals surface area contributed by atoms with Crippen molar-refractivity contribution in [3.05, 3.63) is 47.5 Å². The highest BCUT2D eigenvalue weighted by Gasteiger charge is 2.22. The Balaban J connectivity index is 1.58. The molecule has 2 aromatic carbocycles. The quantitative estimate of drug-likeness (QED) is 0.549. The summed E-state index contributed by atoms with van der Waals surface area (Å²) >= 11 is 7.79. The summed E-state index contributed by atoms with van der Waals surface area (Å²) in [6.07, 6.45) is 6.87.